The van der Waals surface area contributed by atoms with Gasteiger partial charge in [0, 0.05) is 12.6 Å². The van der Waals surface area contributed by atoms with Crippen LogP contribution in [0.15, 0.2) is 30.3 Å². The molecule has 22 heavy (non-hydrogen) atoms. The van der Waals surface area contributed by atoms with Gasteiger partial charge in [0.25, 0.3) is 0 Å². The fourth-order valence-electron chi connectivity index (χ4n) is 3.09. The predicted molar refractivity (Wildman–Crippen MR) is 88.8 cm³/mol. The molecule has 1 aliphatic rings. The summed E-state index contributed by atoms with van der Waals surface area (Å²) >= 11 is 0. The number of rotatable bonds is 8. The van der Waals surface area contributed by atoms with E-state index in [0.29, 0.717) is 6.04 Å². The third kappa shape index (κ3) is 5.43. The summed E-state index contributed by atoms with van der Waals surface area (Å²) in [5.74, 6) is -0.669. The Morgan fingerprint density at radius 2 is 1.86 bits per heavy atom. The second-order valence-corrected chi connectivity index (χ2v) is 6.30. The first-order chi connectivity index (χ1) is 10.7. The zero-order valence-corrected chi connectivity index (χ0v) is 13.5. The van der Waals surface area contributed by atoms with Crippen molar-refractivity contribution < 1.29 is 9.90 Å². The van der Waals surface area contributed by atoms with Crippen LogP contribution < -0.4 is 5.32 Å². The van der Waals surface area contributed by atoms with E-state index in [1.807, 2.05) is 18.2 Å². The van der Waals surface area contributed by atoms with Crippen LogP contribution in [0.3, 0.4) is 0 Å². The Labute approximate surface area is 133 Å². The summed E-state index contributed by atoms with van der Waals surface area (Å²) in [5, 5.41) is 13.0. The molecule has 0 aliphatic carbocycles. The van der Waals surface area contributed by atoms with E-state index in [1.54, 1.807) is 0 Å². The monoisotopic (exact) mass is 304 g/mol. The lowest BCUT2D eigenvalue weighted by atomic mass is 10.0. The fraction of sp³-hybridized carbons (Fsp3) is 0.611. The number of hydrogen-bond donors (Lipinski definition) is 2. The van der Waals surface area contributed by atoms with Gasteiger partial charge < -0.3 is 10.4 Å². The molecule has 0 bridgehead atoms. The summed E-state index contributed by atoms with van der Waals surface area (Å²) in [6, 6.07) is 10.3. The van der Waals surface area contributed by atoms with Crippen LogP contribution in [-0.4, -0.2) is 41.1 Å². The highest BCUT2D eigenvalue weighted by Crippen LogP contribution is 2.16. The Hall–Kier alpha value is -1.39. The number of hydrogen-bond acceptors (Lipinski definition) is 3. The molecular formula is C18H28N2O2. The first-order valence-electron chi connectivity index (χ1n) is 8.41. The van der Waals surface area contributed by atoms with Crippen molar-refractivity contribution in [2.75, 3.05) is 13.1 Å². The second-order valence-electron chi connectivity index (χ2n) is 6.30. The van der Waals surface area contributed by atoms with E-state index in [2.05, 4.69) is 29.3 Å². The number of nitrogens with one attached hydrogen (secondary N) is 1. The Kier molecular flexibility index (Phi) is 6.87. The Balaban J connectivity index is 1.75. The molecule has 1 aromatic rings. The molecule has 0 radical (unpaired) electrons. The van der Waals surface area contributed by atoms with Gasteiger partial charge in [-0.2, -0.15) is 0 Å². The molecule has 1 saturated heterocycles. The van der Waals surface area contributed by atoms with Crippen molar-refractivity contribution >= 4 is 5.97 Å². The van der Waals surface area contributed by atoms with Gasteiger partial charge in [-0.15, -0.1) is 0 Å². The largest absolute Gasteiger partial charge is 0.480 e. The second kappa shape index (κ2) is 8.91. The van der Waals surface area contributed by atoms with Crippen LogP contribution in [0.5, 0.6) is 0 Å². The molecule has 1 fully saturated rings. The van der Waals surface area contributed by atoms with Gasteiger partial charge >= 0.3 is 5.97 Å². The molecular weight excluding hydrogens is 276 g/mol. The summed E-state index contributed by atoms with van der Waals surface area (Å²) in [5.41, 5.74) is 1.26. The molecule has 2 atom stereocenters. The molecule has 1 aliphatic heterocycles. The van der Waals surface area contributed by atoms with Gasteiger partial charge in [-0.25, -0.2) is 0 Å². The lowest BCUT2D eigenvalue weighted by Crippen LogP contribution is -2.44. The van der Waals surface area contributed by atoms with Crippen molar-refractivity contribution in [3.05, 3.63) is 35.9 Å². The van der Waals surface area contributed by atoms with E-state index in [4.69, 9.17) is 0 Å². The van der Waals surface area contributed by atoms with Crippen molar-refractivity contribution in [3.63, 3.8) is 0 Å². The van der Waals surface area contributed by atoms with E-state index >= 15 is 0 Å². The Bertz CT molecular complexity index is 444. The third-order valence-electron chi connectivity index (χ3n) is 4.49. The van der Waals surface area contributed by atoms with Crippen molar-refractivity contribution in [3.8, 4) is 0 Å². The summed E-state index contributed by atoms with van der Waals surface area (Å²) < 4.78 is 0. The Morgan fingerprint density at radius 1 is 1.18 bits per heavy atom. The molecule has 0 amide bonds. The van der Waals surface area contributed by atoms with Gasteiger partial charge in [0.05, 0.1) is 0 Å². The van der Waals surface area contributed by atoms with Crippen molar-refractivity contribution in [2.24, 2.45) is 0 Å². The minimum atomic E-state index is -0.669. The normalized spacial score (nSPS) is 18.8. The van der Waals surface area contributed by atoms with Crippen molar-refractivity contribution in [2.45, 2.75) is 57.7 Å². The number of nitrogens with zero attached hydrogens (tertiary/aromatic N) is 1. The third-order valence-corrected chi connectivity index (χ3v) is 4.49. The lowest BCUT2D eigenvalue weighted by molar-refractivity contribution is -0.144. The molecule has 0 spiro atoms. The minimum absolute atomic E-state index is 0.318. The maximum absolute atomic E-state index is 11.5. The summed E-state index contributed by atoms with van der Waals surface area (Å²) in [4.78, 5) is 13.7. The van der Waals surface area contributed by atoms with Crippen molar-refractivity contribution in [1.29, 1.82) is 0 Å². The Morgan fingerprint density at radius 3 is 2.50 bits per heavy atom. The number of benzene rings is 1. The fourth-order valence-corrected chi connectivity index (χ4v) is 3.09. The van der Waals surface area contributed by atoms with Crippen LogP contribution in [0.4, 0.5) is 0 Å². The molecule has 2 unspecified atom stereocenters. The molecule has 4 heteroatoms. The molecule has 1 aromatic carbocycles. The smallest absolute Gasteiger partial charge is 0.320 e. The number of carboxylic acids is 1. The highest BCUT2D eigenvalue weighted by Gasteiger charge is 2.26. The number of aliphatic carboxylic acids is 1. The van der Waals surface area contributed by atoms with Gasteiger partial charge in [0.15, 0.2) is 0 Å². The number of likely N-dealkylation sites (tertiary alicyclic amines) is 1. The topological polar surface area (TPSA) is 52.6 Å². The van der Waals surface area contributed by atoms with Crippen LogP contribution in [-0.2, 0) is 11.3 Å². The van der Waals surface area contributed by atoms with Crippen LogP contribution in [0.2, 0.25) is 0 Å². The van der Waals surface area contributed by atoms with Gasteiger partial charge in [-0.3, -0.25) is 9.69 Å². The molecule has 2 N–H and O–H groups in total. The quantitative estimate of drug-likeness (QED) is 0.775. The van der Waals surface area contributed by atoms with Crippen LogP contribution in [0.25, 0.3) is 0 Å². The van der Waals surface area contributed by atoms with Crippen LogP contribution in [0.1, 0.15) is 44.6 Å². The van der Waals surface area contributed by atoms with Gasteiger partial charge in [-0.05, 0) is 51.3 Å². The number of carbonyl (C=O) groups is 1. The van der Waals surface area contributed by atoms with Crippen LogP contribution in [0, 0.1) is 0 Å². The zero-order valence-electron chi connectivity index (χ0n) is 13.5. The van der Waals surface area contributed by atoms with E-state index in [1.165, 1.54) is 12.0 Å². The van der Waals surface area contributed by atoms with E-state index < -0.39 is 5.97 Å². The van der Waals surface area contributed by atoms with Crippen molar-refractivity contribution in [1.82, 2.24) is 10.2 Å². The summed E-state index contributed by atoms with van der Waals surface area (Å²) in [6.07, 6.45) is 5.10. The molecule has 1 heterocycles. The summed E-state index contributed by atoms with van der Waals surface area (Å²) in [7, 11) is 0. The van der Waals surface area contributed by atoms with Gasteiger partial charge in [-0.1, -0.05) is 36.8 Å². The lowest BCUT2D eigenvalue weighted by Gasteiger charge is -2.32. The SMILES string of the molecule is CC(CCC(C(=O)O)N1CCCCC1)NCc1ccccc1. The maximum atomic E-state index is 11.5. The molecule has 122 valence electrons. The molecule has 0 saturated carbocycles. The average molecular weight is 304 g/mol. The standard InChI is InChI=1S/C18H28N2O2/c1-15(19-14-16-8-4-2-5-9-16)10-11-17(18(21)22)20-12-6-3-7-13-20/h2,4-5,8-9,15,17,19H,3,6-7,10-14H2,1H3,(H,21,22). The number of carboxylic acid groups (broad SMARTS) is 1. The molecule has 4 nitrogen and oxygen atoms in total. The van der Waals surface area contributed by atoms with E-state index in [0.717, 1.165) is 45.3 Å². The summed E-state index contributed by atoms with van der Waals surface area (Å²) in [6.45, 7) is 4.84. The minimum Gasteiger partial charge on any atom is -0.480 e. The molecule has 0 aromatic heterocycles. The van der Waals surface area contributed by atoms with E-state index in [-0.39, 0.29) is 6.04 Å². The highest BCUT2D eigenvalue weighted by molar-refractivity contribution is 5.73. The average Bonchev–Trinajstić information content (AvgIpc) is 2.55. The first-order valence-corrected chi connectivity index (χ1v) is 8.41. The number of piperidine rings is 1. The highest BCUT2D eigenvalue weighted by atomic mass is 16.4. The van der Waals surface area contributed by atoms with Crippen LogP contribution >= 0.6 is 0 Å². The van der Waals surface area contributed by atoms with Gasteiger partial charge in [0.1, 0.15) is 6.04 Å². The maximum Gasteiger partial charge on any atom is 0.320 e. The predicted octanol–water partition coefficient (Wildman–Crippen LogP) is 2.88. The molecule has 2 rings (SSSR count). The first kappa shape index (κ1) is 17.0. The van der Waals surface area contributed by atoms with E-state index in [9.17, 15) is 9.90 Å². The van der Waals surface area contributed by atoms with Gasteiger partial charge in [0.2, 0.25) is 0 Å². The zero-order chi connectivity index (χ0) is 15.8.